The minimum Gasteiger partial charge on any atom is -0.443 e. The van der Waals surface area contributed by atoms with E-state index in [2.05, 4.69) is 4.90 Å². The van der Waals surface area contributed by atoms with Gasteiger partial charge in [-0.05, 0) is 67.6 Å². The van der Waals surface area contributed by atoms with Gasteiger partial charge in [-0.1, -0.05) is 41.9 Å². The van der Waals surface area contributed by atoms with E-state index >= 15 is 0 Å². The molecule has 4 rings (SSSR count). The third kappa shape index (κ3) is 5.28. The Morgan fingerprint density at radius 1 is 1.10 bits per heavy atom. The summed E-state index contributed by atoms with van der Waals surface area (Å²) < 4.78 is 19.1. The van der Waals surface area contributed by atoms with E-state index < -0.39 is 0 Å². The molecule has 0 spiro atoms. The second-order valence-electron chi connectivity index (χ2n) is 8.06. The largest absolute Gasteiger partial charge is 0.443 e. The van der Waals surface area contributed by atoms with Crippen molar-refractivity contribution in [3.63, 3.8) is 0 Å². The average Bonchev–Trinajstić information content (AvgIpc) is 3.06. The maximum Gasteiger partial charge on any atom is 0.410 e. The van der Waals surface area contributed by atoms with Gasteiger partial charge in [-0.2, -0.15) is 0 Å². The molecule has 2 aromatic rings. The number of nitrogens with zero attached hydrogens (tertiary/aromatic N) is 2. The maximum absolute atomic E-state index is 13.5. The summed E-state index contributed by atoms with van der Waals surface area (Å²) in [6.45, 7) is 3.92. The highest BCUT2D eigenvalue weighted by molar-refractivity contribution is 6.31. The molecular formula is C23H26ClFN2O2. The summed E-state index contributed by atoms with van der Waals surface area (Å²) in [5.41, 5.74) is 2.01. The molecule has 154 valence electrons. The number of piperidine rings is 1. The number of carbonyl (C=O) groups is 1. The summed E-state index contributed by atoms with van der Waals surface area (Å²) in [6.07, 6.45) is 2.59. The monoisotopic (exact) mass is 416 g/mol. The van der Waals surface area contributed by atoms with Crippen LogP contribution in [0.1, 0.15) is 24.0 Å². The molecule has 0 N–H and O–H groups in total. The predicted octanol–water partition coefficient (Wildman–Crippen LogP) is 4.75. The predicted molar refractivity (Wildman–Crippen MR) is 111 cm³/mol. The number of hydrogen-bond donors (Lipinski definition) is 0. The standard InChI is InChI=1S/C23H26ClFN2O2/c24-22-7-6-20(25)13-19(22)12-17-8-10-26(11-9-17)15-21-16-27(23(28)29-21)14-18-4-2-1-3-5-18/h1-7,13,17,21H,8-12,14-16H2. The van der Waals surface area contributed by atoms with Crippen molar-refractivity contribution in [1.29, 1.82) is 0 Å². The lowest BCUT2D eigenvalue weighted by Gasteiger charge is -2.33. The van der Waals surface area contributed by atoms with Crippen molar-refractivity contribution in [1.82, 2.24) is 9.80 Å². The second kappa shape index (κ2) is 9.14. The Morgan fingerprint density at radius 2 is 1.86 bits per heavy atom. The number of rotatable bonds is 6. The van der Waals surface area contributed by atoms with Crippen LogP contribution in [0.4, 0.5) is 9.18 Å². The highest BCUT2D eigenvalue weighted by atomic mass is 35.5. The van der Waals surface area contributed by atoms with Crippen LogP contribution in [0.25, 0.3) is 0 Å². The Bertz CT molecular complexity index is 840. The van der Waals surface area contributed by atoms with Gasteiger partial charge in [0.1, 0.15) is 11.9 Å². The van der Waals surface area contributed by atoms with E-state index in [4.69, 9.17) is 16.3 Å². The number of halogens is 2. The number of likely N-dealkylation sites (tertiary alicyclic amines) is 1. The van der Waals surface area contributed by atoms with Crippen LogP contribution >= 0.6 is 11.6 Å². The van der Waals surface area contributed by atoms with Gasteiger partial charge in [-0.25, -0.2) is 9.18 Å². The van der Waals surface area contributed by atoms with Gasteiger partial charge in [0.2, 0.25) is 0 Å². The lowest BCUT2D eigenvalue weighted by atomic mass is 9.90. The van der Waals surface area contributed by atoms with Crippen LogP contribution in [0, 0.1) is 11.7 Å². The van der Waals surface area contributed by atoms with E-state index in [1.165, 1.54) is 6.07 Å². The van der Waals surface area contributed by atoms with Crippen LogP contribution < -0.4 is 0 Å². The molecule has 1 amide bonds. The molecule has 0 aromatic heterocycles. The van der Waals surface area contributed by atoms with Gasteiger partial charge >= 0.3 is 6.09 Å². The summed E-state index contributed by atoms with van der Waals surface area (Å²) in [5.74, 6) is 0.274. The molecule has 2 fully saturated rings. The third-order valence-electron chi connectivity index (χ3n) is 5.85. The van der Waals surface area contributed by atoms with Crippen molar-refractivity contribution in [2.75, 3.05) is 26.2 Å². The summed E-state index contributed by atoms with van der Waals surface area (Å²) >= 11 is 6.21. The highest BCUT2D eigenvalue weighted by Crippen LogP contribution is 2.27. The number of hydrogen-bond acceptors (Lipinski definition) is 3. The van der Waals surface area contributed by atoms with Gasteiger partial charge in [-0.3, -0.25) is 4.90 Å². The normalized spacial score (nSPS) is 20.8. The maximum atomic E-state index is 13.5. The van der Waals surface area contributed by atoms with Gasteiger partial charge < -0.3 is 9.64 Å². The second-order valence-corrected chi connectivity index (χ2v) is 8.46. The lowest BCUT2D eigenvalue weighted by molar-refractivity contribution is 0.0904. The zero-order chi connectivity index (χ0) is 20.2. The average molecular weight is 417 g/mol. The molecule has 29 heavy (non-hydrogen) atoms. The Hall–Kier alpha value is -2.11. The number of carbonyl (C=O) groups excluding carboxylic acids is 1. The molecule has 0 bridgehead atoms. The number of benzene rings is 2. The number of amides is 1. The Balaban J connectivity index is 1.24. The van der Waals surface area contributed by atoms with Crippen LogP contribution in [0.2, 0.25) is 5.02 Å². The van der Waals surface area contributed by atoms with E-state index in [0.29, 0.717) is 24.0 Å². The van der Waals surface area contributed by atoms with Crippen molar-refractivity contribution in [3.8, 4) is 0 Å². The zero-order valence-electron chi connectivity index (χ0n) is 16.4. The van der Waals surface area contributed by atoms with Gasteiger partial charge in [0.05, 0.1) is 6.54 Å². The molecular weight excluding hydrogens is 391 g/mol. The quantitative estimate of drug-likeness (QED) is 0.681. The molecule has 0 aliphatic carbocycles. The molecule has 2 saturated heterocycles. The van der Waals surface area contributed by atoms with Crippen molar-refractivity contribution in [2.24, 2.45) is 5.92 Å². The van der Waals surface area contributed by atoms with E-state index in [0.717, 1.165) is 50.0 Å². The fourth-order valence-corrected chi connectivity index (χ4v) is 4.47. The third-order valence-corrected chi connectivity index (χ3v) is 6.22. The molecule has 2 aromatic carbocycles. The van der Waals surface area contributed by atoms with Gasteiger partial charge in [0.25, 0.3) is 0 Å². The SMILES string of the molecule is O=C1OC(CN2CCC(Cc3cc(F)ccc3Cl)CC2)CN1Cc1ccccc1. The molecule has 4 nitrogen and oxygen atoms in total. The van der Waals surface area contributed by atoms with Crippen LogP contribution in [-0.4, -0.2) is 48.2 Å². The Morgan fingerprint density at radius 3 is 2.62 bits per heavy atom. The van der Waals surface area contributed by atoms with Gasteiger partial charge in [-0.15, -0.1) is 0 Å². The smallest absolute Gasteiger partial charge is 0.410 e. The Labute approximate surface area is 176 Å². The van der Waals surface area contributed by atoms with E-state index in [1.807, 2.05) is 30.3 Å². The molecule has 6 heteroatoms. The van der Waals surface area contributed by atoms with E-state index in [9.17, 15) is 9.18 Å². The van der Waals surface area contributed by atoms with Crippen LogP contribution in [0.15, 0.2) is 48.5 Å². The molecule has 0 saturated carbocycles. The first-order chi connectivity index (χ1) is 14.1. The summed E-state index contributed by atoms with van der Waals surface area (Å²) in [6, 6.07) is 14.6. The fourth-order valence-electron chi connectivity index (χ4n) is 4.27. The zero-order valence-corrected chi connectivity index (χ0v) is 17.2. The van der Waals surface area contributed by atoms with Crippen molar-refractivity contribution in [2.45, 2.75) is 31.9 Å². The van der Waals surface area contributed by atoms with Gasteiger partial charge in [0.15, 0.2) is 0 Å². The summed E-state index contributed by atoms with van der Waals surface area (Å²) in [7, 11) is 0. The van der Waals surface area contributed by atoms with Crippen molar-refractivity contribution < 1.29 is 13.9 Å². The molecule has 1 atom stereocenters. The minimum absolute atomic E-state index is 0.0829. The van der Waals surface area contributed by atoms with Gasteiger partial charge in [0, 0.05) is 18.1 Å². The topological polar surface area (TPSA) is 32.8 Å². The van der Waals surface area contributed by atoms with Crippen molar-refractivity contribution in [3.05, 3.63) is 70.5 Å². The minimum atomic E-state index is -0.232. The first-order valence-electron chi connectivity index (χ1n) is 10.2. The van der Waals surface area contributed by atoms with Crippen LogP contribution in [0.3, 0.4) is 0 Å². The first kappa shape index (κ1) is 20.2. The molecule has 2 aliphatic rings. The molecule has 2 heterocycles. The highest BCUT2D eigenvalue weighted by Gasteiger charge is 2.33. The summed E-state index contributed by atoms with van der Waals surface area (Å²) in [5, 5.41) is 0.644. The fraction of sp³-hybridized carbons (Fsp3) is 0.435. The van der Waals surface area contributed by atoms with Crippen LogP contribution in [0.5, 0.6) is 0 Å². The lowest BCUT2D eigenvalue weighted by Crippen LogP contribution is -2.40. The van der Waals surface area contributed by atoms with E-state index in [-0.39, 0.29) is 18.0 Å². The first-order valence-corrected chi connectivity index (χ1v) is 10.6. The van der Waals surface area contributed by atoms with Crippen LogP contribution in [-0.2, 0) is 17.7 Å². The van der Waals surface area contributed by atoms with E-state index in [1.54, 1.807) is 17.0 Å². The Kier molecular flexibility index (Phi) is 6.36. The number of cyclic esters (lactones) is 1. The molecule has 0 radical (unpaired) electrons. The molecule has 2 aliphatic heterocycles. The van der Waals surface area contributed by atoms with Crippen molar-refractivity contribution >= 4 is 17.7 Å². The summed E-state index contributed by atoms with van der Waals surface area (Å²) in [4.78, 5) is 16.3. The molecule has 1 unspecified atom stereocenters. The number of ether oxygens (including phenoxy) is 1.